The van der Waals surface area contributed by atoms with Crippen LogP contribution < -0.4 is 5.32 Å². The van der Waals surface area contributed by atoms with E-state index in [1.54, 1.807) is 4.90 Å². The van der Waals surface area contributed by atoms with Crippen molar-refractivity contribution >= 4 is 22.0 Å². The summed E-state index contributed by atoms with van der Waals surface area (Å²) in [7, 11) is 2.12. The van der Waals surface area contributed by atoms with Crippen LogP contribution in [-0.2, 0) is 4.74 Å². The van der Waals surface area contributed by atoms with E-state index < -0.39 is 18.2 Å². The van der Waals surface area contributed by atoms with E-state index >= 15 is 0 Å². The molecule has 0 radical (unpaired) electrons. The molecule has 158 valence electrons. The summed E-state index contributed by atoms with van der Waals surface area (Å²) in [5, 5.41) is 2.50. The third kappa shape index (κ3) is 7.14. The minimum atomic E-state index is -4.86. The van der Waals surface area contributed by atoms with Gasteiger partial charge in [-0.25, -0.2) is 4.79 Å². The molecule has 0 spiro atoms. The predicted octanol–water partition coefficient (Wildman–Crippen LogP) is 3.25. The topological polar surface area (TPSA) is 48.1 Å². The number of carbonyl (C=O) groups excluding carboxylic acids is 1. The number of urea groups is 1. The Balaban J connectivity index is 1.83. The third-order valence-corrected chi connectivity index (χ3v) is 5.26. The monoisotopic (exact) mass is 466 g/mol. The van der Waals surface area contributed by atoms with E-state index in [-0.39, 0.29) is 10.2 Å². The van der Waals surface area contributed by atoms with Gasteiger partial charge in [-0.3, -0.25) is 4.90 Å². The van der Waals surface area contributed by atoms with Crippen molar-refractivity contribution in [1.29, 1.82) is 0 Å². The number of alkyl halides is 3. The first-order chi connectivity index (χ1) is 13.0. The molecule has 0 saturated carbocycles. The number of ether oxygens (including phenoxy) is 1. The second-order valence-corrected chi connectivity index (χ2v) is 7.93. The van der Waals surface area contributed by atoms with E-state index in [4.69, 9.17) is 0 Å². The maximum Gasteiger partial charge on any atom is 0.573 e. The summed E-state index contributed by atoms with van der Waals surface area (Å²) in [6, 6.07) is 0.155. The molecule has 0 aromatic heterocycles. The highest BCUT2D eigenvalue weighted by Crippen LogP contribution is 2.27. The number of piperidine rings is 1. The van der Waals surface area contributed by atoms with Gasteiger partial charge in [0.1, 0.15) is 5.76 Å². The summed E-state index contributed by atoms with van der Waals surface area (Å²) in [4.78, 5) is 18.7. The Labute approximate surface area is 171 Å². The molecular weight excluding hydrogens is 441 g/mol. The van der Waals surface area contributed by atoms with Crippen LogP contribution in [-0.4, -0.2) is 79.5 Å². The third-order valence-electron chi connectivity index (χ3n) is 4.87. The Bertz CT molecular complexity index is 623. The van der Waals surface area contributed by atoms with Crippen LogP contribution in [0.1, 0.15) is 12.8 Å². The molecule has 0 aliphatic carbocycles. The zero-order valence-electron chi connectivity index (χ0n) is 15.9. The number of rotatable bonds is 5. The van der Waals surface area contributed by atoms with Crippen molar-refractivity contribution in [3.8, 4) is 0 Å². The van der Waals surface area contributed by atoms with Gasteiger partial charge < -0.3 is 19.9 Å². The molecule has 0 aromatic rings. The van der Waals surface area contributed by atoms with Crippen molar-refractivity contribution in [2.45, 2.75) is 25.2 Å². The summed E-state index contributed by atoms with van der Waals surface area (Å²) in [5.74, 6) is -0.565. The first-order valence-corrected chi connectivity index (χ1v) is 9.84. The lowest BCUT2D eigenvalue weighted by Crippen LogP contribution is -2.55. The van der Waals surface area contributed by atoms with Crippen molar-refractivity contribution in [1.82, 2.24) is 20.0 Å². The van der Waals surface area contributed by atoms with Gasteiger partial charge in [-0.2, -0.15) is 0 Å². The second kappa shape index (κ2) is 9.80. The van der Waals surface area contributed by atoms with Crippen LogP contribution in [0.15, 0.2) is 35.2 Å². The molecule has 2 rings (SSSR count). The molecule has 2 aliphatic heterocycles. The van der Waals surface area contributed by atoms with Crippen LogP contribution in [0.25, 0.3) is 0 Å². The Hall–Kier alpha value is -1.52. The van der Waals surface area contributed by atoms with Gasteiger partial charge in [0.25, 0.3) is 0 Å². The fourth-order valence-electron chi connectivity index (χ4n) is 3.35. The van der Waals surface area contributed by atoms with Crippen LogP contribution in [0.5, 0.6) is 0 Å². The Morgan fingerprint density at radius 3 is 2.21 bits per heavy atom. The van der Waals surface area contributed by atoms with E-state index in [1.165, 1.54) is 0 Å². The summed E-state index contributed by atoms with van der Waals surface area (Å²) in [6.07, 6.45) is -1.63. The zero-order chi connectivity index (χ0) is 20.9. The van der Waals surface area contributed by atoms with Gasteiger partial charge in [0, 0.05) is 44.0 Å². The smallest absolute Gasteiger partial charge is 0.405 e. The van der Waals surface area contributed by atoms with Crippen molar-refractivity contribution in [3.05, 3.63) is 35.2 Å². The van der Waals surface area contributed by atoms with Crippen LogP contribution >= 0.6 is 15.9 Å². The molecule has 28 heavy (non-hydrogen) atoms. The van der Waals surface area contributed by atoms with Crippen LogP contribution in [0.4, 0.5) is 18.0 Å². The highest BCUT2D eigenvalue weighted by molar-refractivity contribution is 9.11. The van der Waals surface area contributed by atoms with Gasteiger partial charge in [0.15, 0.2) is 0 Å². The van der Waals surface area contributed by atoms with Crippen LogP contribution in [0, 0.1) is 0 Å². The highest BCUT2D eigenvalue weighted by atomic mass is 79.9. The Kier molecular flexibility index (Phi) is 7.97. The molecule has 0 atom stereocenters. The number of allylic oxidation sites excluding steroid dienone is 2. The lowest BCUT2D eigenvalue weighted by molar-refractivity contribution is -0.303. The van der Waals surface area contributed by atoms with E-state index in [9.17, 15) is 18.0 Å². The van der Waals surface area contributed by atoms with E-state index in [0.717, 1.165) is 45.1 Å². The fourth-order valence-corrected chi connectivity index (χ4v) is 3.54. The molecule has 10 heteroatoms. The predicted molar refractivity (Wildman–Crippen MR) is 105 cm³/mol. The Morgan fingerprint density at radius 1 is 1.14 bits per heavy atom. The van der Waals surface area contributed by atoms with Gasteiger partial charge in [-0.1, -0.05) is 13.2 Å². The largest absolute Gasteiger partial charge is 0.573 e. The summed E-state index contributed by atoms with van der Waals surface area (Å²) in [5.41, 5.74) is -0.0115. The van der Waals surface area contributed by atoms with Gasteiger partial charge >= 0.3 is 12.4 Å². The minimum Gasteiger partial charge on any atom is -0.405 e. The number of hydrogen-bond acceptors (Lipinski definition) is 4. The van der Waals surface area contributed by atoms with Gasteiger partial charge in [0.2, 0.25) is 0 Å². The van der Waals surface area contributed by atoms with Gasteiger partial charge in [-0.15, -0.1) is 13.2 Å². The maximum absolute atomic E-state index is 12.4. The van der Waals surface area contributed by atoms with Crippen LogP contribution in [0.2, 0.25) is 0 Å². The number of likely N-dealkylation sites (tertiary alicyclic amines) is 1. The van der Waals surface area contributed by atoms with Crippen molar-refractivity contribution < 1.29 is 22.7 Å². The quantitative estimate of drug-likeness (QED) is 0.499. The van der Waals surface area contributed by atoms with E-state index in [0.29, 0.717) is 19.1 Å². The fraction of sp³-hybridized carbons (Fsp3) is 0.611. The SMILES string of the molecule is C=C(/C=C(/OC(F)(F)F)C(=C)Br)NC(=O)N1CCN(C2CCN(C)CC2)CC1. The zero-order valence-corrected chi connectivity index (χ0v) is 17.5. The van der Waals surface area contributed by atoms with E-state index in [2.05, 4.69) is 56.0 Å². The number of amides is 2. The average Bonchev–Trinajstić information content (AvgIpc) is 2.60. The number of carbonyl (C=O) groups is 1. The minimum absolute atomic E-state index is 0.0115. The molecule has 1 N–H and O–H groups in total. The molecule has 2 aliphatic rings. The first-order valence-electron chi connectivity index (χ1n) is 9.05. The molecule has 0 bridgehead atoms. The van der Waals surface area contributed by atoms with E-state index in [1.807, 2.05) is 0 Å². The molecule has 2 fully saturated rings. The number of piperazine rings is 1. The number of nitrogens with zero attached hydrogens (tertiary/aromatic N) is 3. The van der Waals surface area contributed by atoms with Crippen molar-refractivity contribution in [2.75, 3.05) is 46.3 Å². The molecule has 2 amide bonds. The molecule has 0 aromatic carbocycles. The molecule has 6 nitrogen and oxygen atoms in total. The molecule has 2 saturated heterocycles. The highest BCUT2D eigenvalue weighted by Gasteiger charge is 2.33. The lowest BCUT2D eigenvalue weighted by Gasteiger charge is -2.42. The summed E-state index contributed by atoms with van der Waals surface area (Å²) in [6.45, 7) is 11.8. The number of halogens is 4. The molecule has 0 unspecified atom stereocenters. The van der Waals surface area contributed by atoms with Crippen molar-refractivity contribution in [3.63, 3.8) is 0 Å². The second-order valence-electron chi connectivity index (χ2n) is 6.97. The van der Waals surface area contributed by atoms with Gasteiger partial charge in [0.05, 0.1) is 4.48 Å². The average molecular weight is 467 g/mol. The summed E-state index contributed by atoms with van der Waals surface area (Å²) >= 11 is 2.85. The van der Waals surface area contributed by atoms with Crippen LogP contribution in [0.3, 0.4) is 0 Å². The van der Waals surface area contributed by atoms with Crippen molar-refractivity contribution in [2.24, 2.45) is 0 Å². The van der Waals surface area contributed by atoms with Gasteiger partial charge in [-0.05, 0) is 48.9 Å². The normalized spacial score (nSPS) is 20.8. The number of hydrogen-bond donors (Lipinski definition) is 1. The number of nitrogens with one attached hydrogen (secondary N) is 1. The maximum atomic E-state index is 12.4. The first kappa shape index (κ1) is 22.8. The standard InChI is InChI=1S/C18H26BrF3N4O2/c1-13(12-16(14(2)19)28-18(20,21)22)23-17(27)26-10-8-25(9-11-26)15-4-6-24(3)7-5-15/h12,15H,1-2,4-11H2,3H3,(H,23,27)/b16-12+. The molecule has 2 heterocycles. The lowest BCUT2D eigenvalue weighted by atomic mass is 10.0. The summed E-state index contributed by atoms with van der Waals surface area (Å²) < 4.78 is 41.0. The Morgan fingerprint density at radius 2 is 1.71 bits per heavy atom. The molecular formula is C18H26BrF3N4O2.